The molecule has 0 bridgehead atoms. The zero-order valence-electron chi connectivity index (χ0n) is 42.6. The third-order valence-corrected chi connectivity index (χ3v) is 10.3. The van der Waals surface area contributed by atoms with Gasteiger partial charge < -0.3 is 46.7 Å². The van der Waals surface area contributed by atoms with E-state index in [1.807, 2.05) is 112 Å². The smallest absolute Gasteiger partial charge is 0.358 e. The van der Waals surface area contributed by atoms with E-state index in [9.17, 15) is 38.7 Å². The molecule has 20 nitrogen and oxygen atoms in total. The van der Waals surface area contributed by atoms with Crippen LogP contribution in [-0.2, 0) is 34.2 Å². The lowest BCUT2D eigenvalue weighted by atomic mass is 10.1. The Kier molecular flexibility index (Phi) is 24.0. The van der Waals surface area contributed by atoms with Crippen molar-refractivity contribution in [3.05, 3.63) is 196 Å². The topological polar surface area (TPSA) is 337 Å². The Labute approximate surface area is 443 Å². The van der Waals surface area contributed by atoms with Gasteiger partial charge in [-0.3, -0.25) is 28.8 Å². The zero-order valence-corrected chi connectivity index (χ0v) is 42.6. The highest BCUT2D eigenvalue weighted by Crippen LogP contribution is 2.24. The number of pyridine rings is 4. The quantitative estimate of drug-likeness (QED) is 0.0359. The Morgan fingerprint density at radius 1 is 0.416 bits per heavy atom. The number of primary amides is 3. The van der Waals surface area contributed by atoms with E-state index in [2.05, 4.69) is 19.9 Å². The first-order valence-corrected chi connectivity index (χ1v) is 23.7. The molecule has 4 aromatic heterocycles. The van der Waals surface area contributed by atoms with Crippen molar-refractivity contribution in [1.82, 2.24) is 19.9 Å². The number of carboxylic acids is 1. The largest absolute Gasteiger partial charge is 0.506 e. The van der Waals surface area contributed by atoms with Gasteiger partial charge in [0.25, 0.3) is 0 Å². The number of carboxylic acid groups (broad SMARTS) is 1. The van der Waals surface area contributed by atoms with Gasteiger partial charge in [-0.05, 0) is 72.4 Å². The number of benzene rings is 3. The van der Waals surface area contributed by atoms with E-state index in [1.54, 1.807) is 30.6 Å². The highest BCUT2D eigenvalue weighted by atomic mass is 16.5. The molecule has 0 saturated heterocycles. The van der Waals surface area contributed by atoms with Crippen LogP contribution in [0.3, 0.4) is 0 Å². The number of nitrogens with two attached hydrogens (primary N) is 3. The molecule has 9 N–H and O–H groups in total. The molecule has 4 heterocycles. The molecule has 0 unspecified atom stereocenters. The molecule has 0 aliphatic heterocycles. The van der Waals surface area contributed by atoms with E-state index in [0.717, 1.165) is 45.6 Å². The van der Waals surface area contributed by atoms with Crippen molar-refractivity contribution >= 4 is 41.0 Å². The predicted octanol–water partition coefficient (Wildman–Crippen LogP) is 7.44. The summed E-state index contributed by atoms with van der Waals surface area (Å²) in [5.41, 5.74) is 20.9. The second-order valence-corrected chi connectivity index (χ2v) is 16.9. The molecule has 0 atom stereocenters. The average molecular weight is 1050 g/mol. The standard InChI is InChI=1S/2C17H18N2O3.C14H13NO3.C9H10N2O4/c2*1-12-9-15(22-11-13-5-3-2-4-6-13)17(19-10-12)14(20)7-8-16(18)21;1-10-7-12(13(14(16)17)15-8-10)18-9-11-5-3-2-4-6-11;10-8(15)2-1-6(13)9-7(14)3-5(12)4-11-9/h2*2-6,9-10H,7-8,11H2,1H3,(H2,18,21);2-8H,9H2,1H3,(H,16,17);3-4,12,14H,1-2H2,(H2,10,15). The fraction of sp³-hybridized carbons (Fsp3) is 0.211. The second-order valence-electron chi connectivity index (χ2n) is 16.9. The van der Waals surface area contributed by atoms with Crippen molar-refractivity contribution in [1.29, 1.82) is 0 Å². The van der Waals surface area contributed by atoms with Crippen LogP contribution in [0, 0.1) is 20.8 Å². The molecule has 77 heavy (non-hydrogen) atoms. The number of aromatic hydroxyl groups is 2. The minimum atomic E-state index is -1.09. The van der Waals surface area contributed by atoms with E-state index >= 15 is 0 Å². The molecule has 20 heteroatoms. The first-order chi connectivity index (χ1) is 36.8. The maximum absolute atomic E-state index is 12.1. The number of aryl methyl sites for hydroxylation is 3. The highest BCUT2D eigenvalue weighted by molar-refractivity contribution is 5.99. The number of nitrogens with zero attached hydrogens (tertiary/aromatic N) is 4. The number of aromatic carboxylic acids is 1. The molecule has 7 rings (SSSR count). The summed E-state index contributed by atoms with van der Waals surface area (Å²) in [5.74, 6) is -3.18. The minimum absolute atomic E-state index is 0.00646. The first kappa shape index (κ1) is 59.7. The summed E-state index contributed by atoms with van der Waals surface area (Å²) in [5, 5.41) is 27.2. The lowest BCUT2D eigenvalue weighted by molar-refractivity contribution is -0.118. The van der Waals surface area contributed by atoms with Crippen molar-refractivity contribution in [2.24, 2.45) is 17.2 Å². The van der Waals surface area contributed by atoms with E-state index in [-0.39, 0.29) is 78.6 Å². The Morgan fingerprint density at radius 3 is 1.03 bits per heavy atom. The zero-order chi connectivity index (χ0) is 56.3. The van der Waals surface area contributed by atoms with Crippen LogP contribution < -0.4 is 31.4 Å². The van der Waals surface area contributed by atoms with Gasteiger partial charge in [0.2, 0.25) is 17.7 Å². The van der Waals surface area contributed by atoms with Gasteiger partial charge in [0, 0.05) is 63.2 Å². The molecule has 0 aliphatic carbocycles. The monoisotopic (exact) mass is 1050 g/mol. The number of aromatic nitrogens is 4. The van der Waals surface area contributed by atoms with Crippen molar-refractivity contribution in [3.63, 3.8) is 0 Å². The number of carbonyl (C=O) groups excluding carboxylic acids is 6. The maximum atomic E-state index is 12.1. The van der Waals surface area contributed by atoms with Gasteiger partial charge in [-0.25, -0.2) is 24.7 Å². The number of rotatable bonds is 22. The number of Topliss-reactive ketones (excluding diaryl/α,β-unsaturated/α-hetero) is 3. The summed E-state index contributed by atoms with van der Waals surface area (Å²) in [6, 6.07) is 35.1. The summed E-state index contributed by atoms with van der Waals surface area (Å²) in [6.07, 6.45) is 5.64. The van der Waals surface area contributed by atoms with Crippen molar-refractivity contribution in [2.75, 3.05) is 0 Å². The van der Waals surface area contributed by atoms with Crippen molar-refractivity contribution in [2.45, 2.75) is 79.1 Å². The van der Waals surface area contributed by atoms with Crippen LogP contribution in [0.1, 0.15) is 114 Å². The predicted molar refractivity (Wildman–Crippen MR) is 282 cm³/mol. The lowest BCUT2D eigenvalue weighted by Crippen LogP contribution is -2.14. The van der Waals surface area contributed by atoms with Gasteiger partial charge in [0.15, 0.2) is 28.8 Å². The number of carbonyl (C=O) groups is 7. The van der Waals surface area contributed by atoms with Gasteiger partial charge >= 0.3 is 5.97 Å². The molecule has 3 aromatic carbocycles. The normalized spacial score (nSPS) is 10.1. The van der Waals surface area contributed by atoms with Crippen molar-refractivity contribution < 1.29 is 63.1 Å². The molecule has 0 radical (unpaired) electrons. The van der Waals surface area contributed by atoms with Crippen LogP contribution in [0.25, 0.3) is 0 Å². The minimum Gasteiger partial charge on any atom is -0.506 e. The summed E-state index contributed by atoms with van der Waals surface area (Å²) >= 11 is 0. The summed E-state index contributed by atoms with van der Waals surface area (Å²) < 4.78 is 17.0. The van der Waals surface area contributed by atoms with Gasteiger partial charge in [0.05, 0.1) is 6.20 Å². The molecule has 0 aliphatic rings. The third kappa shape index (κ3) is 21.6. The van der Waals surface area contributed by atoms with Gasteiger partial charge in [-0.15, -0.1) is 0 Å². The molecule has 0 fully saturated rings. The van der Waals surface area contributed by atoms with Gasteiger partial charge in [-0.1, -0.05) is 91.0 Å². The van der Waals surface area contributed by atoms with E-state index in [1.165, 1.54) is 6.20 Å². The number of hydrogen-bond acceptors (Lipinski definition) is 16. The molecule has 7 aromatic rings. The summed E-state index contributed by atoms with van der Waals surface area (Å²) in [6.45, 7) is 6.62. The Bertz CT molecular complexity index is 3000. The second kappa shape index (κ2) is 31.0. The van der Waals surface area contributed by atoms with Crippen LogP contribution in [-0.4, -0.2) is 76.3 Å². The number of ketones is 3. The Morgan fingerprint density at radius 2 is 0.714 bits per heavy atom. The maximum Gasteiger partial charge on any atom is 0.358 e. The van der Waals surface area contributed by atoms with Crippen LogP contribution in [0.5, 0.6) is 28.7 Å². The van der Waals surface area contributed by atoms with Gasteiger partial charge in [0.1, 0.15) is 59.9 Å². The van der Waals surface area contributed by atoms with Crippen LogP contribution in [0.4, 0.5) is 0 Å². The molecule has 3 amide bonds. The molecular weight excluding hydrogens is 991 g/mol. The van der Waals surface area contributed by atoms with Crippen LogP contribution >= 0.6 is 0 Å². The van der Waals surface area contributed by atoms with Crippen molar-refractivity contribution in [3.8, 4) is 28.7 Å². The SMILES string of the molecule is Cc1cnc(C(=O)CCC(N)=O)c(OCc2ccccc2)c1.Cc1cnc(C(=O)CCC(N)=O)c(OCc2ccccc2)c1.Cc1cnc(C(=O)O)c(OCc2ccccc2)c1.NC(=O)CCC(=O)c1ncc(O)cc1O. The number of hydrogen-bond donors (Lipinski definition) is 6. The van der Waals surface area contributed by atoms with E-state index in [4.69, 9.17) is 41.6 Å². The number of amides is 3. The molecular formula is C57H59N7O13. The molecule has 0 saturated carbocycles. The molecule has 0 spiro atoms. The van der Waals surface area contributed by atoms with Crippen LogP contribution in [0.15, 0.2) is 140 Å². The molecule has 400 valence electrons. The van der Waals surface area contributed by atoms with Gasteiger partial charge in [-0.2, -0.15) is 0 Å². The summed E-state index contributed by atoms with van der Waals surface area (Å²) in [4.78, 5) is 94.4. The Hall–Kier alpha value is -9.85. The summed E-state index contributed by atoms with van der Waals surface area (Å²) in [7, 11) is 0. The van der Waals surface area contributed by atoms with E-state index in [0.29, 0.717) is 37.1 Å². The fourth-order valence-corrected chi connectivity index (χ4v) is 6.47. The highest BCUT2D eigenvalue weighted by Gasteiger charge is 2.19. The Balaban J connectivity index is 0.000000224. The number of ether oxygens (including phenoxy) is 3. The fourth-order valence-electron chi connectivity index (χ4n) is 6.47. The van der Waals surface area contributed by atoms with E-state index < -0.39 is 35.2 Å². The van der Waals surface area contributed by atoms with Crippen LogP contribution in [0.2, 0.25) is 0 Å². The first-order valence-electron chi connectivity index (χ1n) is 23.7. The third-order valence-electron chi connectivity index (χ3n) is 10.3. The average Bonchev–Trinajstić information content (AvgIpc) is 3.41. The lowest BCUT2D eigenvalue weighted by Gasteiger charge is -2.11.